The van der Waals surface area contributed by atoms with Crippen molar-refractivity contribution in [2.24, 2.45) is 11.8 Å². The molecule has 6 rings (SSSR count). The van der Waals surface area contributed by atoms with E-state index >= 15 is 0 Å². The topological polar surface area (TPSA) is 76.2 Å². The minimum absolute atomic E-state index is 0.0277. The summed E-state index contributed by atoms with van der Waals surface area (Å²) in [6.07, 6.45) is 12.6. The monoisotopic (exact) mass is 478 g/mol. The van der Waals surface area contributed by atoms with Crippen molar-refractivity contribution in [2.45, 2.75) is 81.7 Å². The van der Waals surface area contributed by atoms with E-state index in [1.807, 2.05) is 30.3 Å². The summed E-state index contributed by atoms with van der Waals surface area (Å²) in [5, 5.41) is 0. The Labute approximate surface area is 206 Å². The molecular weight excluding hydrogens is 444 g/mol. The zero-order valence-corrected chi connectivity index (χ0v) is 20.2. The molecule has 2 saturated carbocycles. The molecule has 186 valence electrons. The van der Waals surface area contributed by atoms with Gasteiger partial charge in [0.1, 0.15) is 12.0 Å². The second kappa shape index (κ2) is 8.77. The van der Waals surface area contributed by atoms with Crippen molar-refractivity contribution >= 4 is 23.4 Å². The van der Waals surface area contributed by atoms with Crippen molar-refractivity contribution < 1.29 is 23.9 Å². The van der Waals surface area contributed by atoms with Gasteiger partial charge in [0.2, 0.25) is 0 Å². The molecule has 0 bridgehead atoms. The number of carbonyl (C=O) groups is 3. The van der Waals surface area contributed by atoms with Crippen molar-refractivity contribution in [1.82, 2.24) is 4.90 Å². The maximum atomic E-state index is 13.7. The van der Waals surface area contributed by atoms with E-state index in [2.05, 4.69) is 4.90 Å². The summed E-state index contributed by atoms with van der Waals surface area (Å²) in [7, 11) is 0. The SMILES string of the molecule is O=C1C=CC(=O)OC2(CC(=O)C3(CCN(C4CC5CCCCCC5C4)CC3)N2c2ccccc2)O1. The number of rotatable bonds is 2. The molecule has 3 aliphatic heterocycles. The van der Waals surface area contributed by atoms with Gasteiger partial charge in [0.05, 0.1) is 0 Å². The van der Waals surface area contributed by atoms with Crippen molar-refractivity contribution in [3.63, 3.8) is 0 Å². The smallest absolute Gasteiger partial charge is 0.351 e. The van der Waals surface area contributed by atoms with Gasteiger partial charge < -0.3 is 14.4 Å². The first-order valence-electron chi connectivity index (χ1n) is 13.3. The molecule has 2 atom stereocenters. The fraction of sp³-hybridized carbons (Fsp3) is 0.607. The van der Waals surface area contributed by atoms with E-state index < -0.39 is 23.4 Å². The third kappa shape index (κ3) is 3.88. The number of hydrogen-bond donors (Lipinski definition) is 0. The summed E-state index contributed by atoms with van der Waals surface area (Å²) in [4.78, 5) is 43.0. The zero-order chi connectivity index (χ0) is 24.0. The Morgan fingerprint density at radius 3 is 2.00 bits per heavy atom. The number of piperidine rings is 1. The summed E-state index contributed by atoms with van der Waals surface area (Å²) in [6.45, 7) is 1.63. The molecule has 0 radical (unpaired) electrons. The maximum Gasteiger partial charge on any atom is 0.351 e. The van der Waals surface area contributed by atoms with Gasteiger partial charge in [-0.2, -0.15) is 0 Å². The Morgan fingerprint density at radius 1 is 0.800 bits per heavy atom. The Morgan fingerprint density at radius 2 is 1.40 bits per heavy atom. The predicted octanol–water partition coefficient (Wildman–Crippen LogP) is 3.97. The van der Waals surface area contributed by atoms with Gasteiger partial charge in [-0.05, 0) is 49.7 Å². The normalized spacial score (nSPS) is 32.3. The Bertz CT molecular complexity index is 995. The molecule has 3 heterocycles. The first kappa shape index (κ1) is 22.8. The van der Waals surface area contributed by atoms with E-state index in [4.69, 9.17) is 9.47 Å². The van der Waals surface area contributed by atoms with Crippen LogP contribution in [0.3, 0.4) is 0 Å². The van der Waals surface area contributed by atoms with Gasteiger partial charge >= 0.3 is 17.8 Å². The molecule has 1 aromatic rings. The van der Waals surface area contributed by atoms with Crippen molar-refractivity contribution in [3.05, 3.63) is 42.5 Å². The zero-order valence-electron chi connectivity index (χ0n) is 20.2. The van der Waals surface area contributed by atoms with Crippen LogP contribution >= 0.6 is 0 Å². The van der Waals surface area contributed by atoms with Crippen LogP contribution in [0.5, 0.6) is 0 Å². The molecular formula is C28H34N2O5. The Hall–Kier alpha value is -2.67. The lowest BCUT2D eigenvalue weighted by atomic mass is 9.83. The van der Waals surface area contributed by atoms with E-state index in [9.17, 15) is 14.4 Å². The van der Waals surface area contributed by atoms with E-state index in [0.29, 0.717) is 18.9 Å². The second-order valence-corrected chi connectivity index (χ2v) is 11.0. The van der Waals surface area contributed by atoms with Crippen LogP contribution < -0.4 is 4.90 Å². The molecule has 35 heavy (non-hydrogen) atoms. The van der Waals surface area contributed by atoms with Crippen molar-refractivity contribution in [1.29, 1.82) is 0 Å². The van der Waals surface area contributed by atoms with Crippen LogP contribution in [0.2, 0.25) is 0 Å². The van der Waals surface area contributed by atoms with Crippen LogP contribution in [0, 0.1) is 11.8 Å². The number of fused-ring (bicyclic) bond motifs is 1. The van der Waals surface area contributed by atoms with Gasteiger partial charge in [-0.25, -0.2) is 9.59 Å². The third-order valence-electron chi connectivity index (χ3n) is 9.17. The van der Waals surface area contributed by atoms with Crippen LogP contribution in [0.25, 0.3) is 0 Å². The van der Waals surface area contributed by atoms with Crippen LogP contribution in [0.15, 0.2) is 42.5 Å². The summed E-state index contributed by atoms with van der Waals surface area (Å²) in [5.41, 5.74) is -0.150. The fourth-order valence-corrected chi connectivity index (χ4v) is 7.56. The van der Waals surface area contributed by atoms with Crippen molar-refractivity contribution in [2.75, 3.05) is 18.0 Å². The Kier molecular flexibility index (Phi) is 5.71. The number of benzene rings is 1. The van der Waals surface area contributed by atoms with E-state index in [1.165, 1.54) is 44.9 Å². The average Bonchev–Trinajstić information content (AvgIpc) is 3.18. The highest BCUT2D eigenvalue weighted by atomic mass is 16.8. The molecule has 2 spiro atoms. The number of anilines is 1. The van der Waals surface area contributed by atoms with E-state index in [1.54, 1.807) is 4.90 Å². The highest BCUT2D eigenvalue weighted by Crippen LogP contribution is 2.50. The average molecular weight is 479 g/mol. The molecule has 5 aliphatic rings. The summed E-state index contributed by atoms with van der Waals surface area (Å²) < 4.78 is 11.4. The van der Waals surface area contributed by atoms with Gasteiger partial charge in [0.25, 0.3) is 0 Å². The second-order valence-electron chi connectivity index (χ2n) is 11.0. The maximum absolute atomic E-state index is 13.7. The molecule has 0 amide bonds. The minimum Gasteiger partial charge on any atom is -0.400 e. The lowest BCUT2D eigenvalue weighted by molar-refractivity contribution is -0.217. The molecule has 7 nitrogen and oxygen atoms in total. The molecule has 2 unspecified atom stereocenters. The highest BCUT2D eigenvalue weighted by Gasteiger charge is 2.66. The van der Waals surface area contributed by atoms with Gasteiger partial charge in [-0.1, -0.05) is 50.3 Å². The van der Waals surface area contributed by atoms with Crippen LogP contribution in [-0.4, -0.2) is 53.2 Å². The van der Waals surface area contributed by atoms with Gasteiger partial charge in [-0.15, -0.1) is 0 Å². The first-order chi connectivity index (χ1) is 17.0. The van der Waals surface area contributed by atoms with Gasteiger partial charge in [-0.3, -0.25) is 9.69 Å². The fourth-order valence-electron chi connectivity index (χ4n) is 7.56. The molecule has 7 heteroatoms. The van der Waals surface area contributed by atoms with Gasteiger partial charge in [0, 0.05) is 37.0 Å². The minimum atomic E-state index is -1.75. The van der Waals surface area contributed by atoms with Crippen LogP contribution in [-0.2, 0) is 23.9 Å². The number of likely N-dealkylation sites (tertiary alicyclic amines) is 1. The number of ether oxygens (including phenoxy) is 2. The number of nitrogens with zero attached hydrogens (tertiary/aromatic N) is 2. The number of esters is 2. The standard InChI is InChI=1S/C28H34N2O5/c31-24-19-28(34-25(32)11-12-26(33)35-28)30(22-9-5-2-6-10-22)27(24)13-15-29(16-14-27)23-17-20-7-3-1-4-8-21(20)18-23/h2,5-6,9-12,20-21,23H,1,3-4,7-8,13-19H2. The molecule has 2 aliphatic carbocycles. The third-order valence-corrected chi connectivity index (χ3v) is 9.17. The summed E-state index contributed by atoms with van der Waals surface area (Å²) in [6, 6.07) is 10.0. The summed E-state index contributed by atoms with van der Waals surface area (Å²) in [5.74, 6) is -1.42. The number of ketones is 1. The van der Waals surface area contributed by atoms with Gasteiger partial charge in [0.15, 0.2) is 5.78 Å². The molecule has 0 aromatic heterocycles. The van der Waals surface area contributed by atoms with Crippen LogP contribution in [0.4, 0.5) is 5.69 Å². The number of Topliss-reactive ketones (excluding diaryl/α,β-unsaturated/α-hetero) is 1. The number of para-hydroxylation sites is 1. The van der Waals surface area contributed by atoms with Crippen LogP contribution in [0.1, 0.15) is 64.2 Å². The van der Waals surface area contributed by atoms with Crippen molar-refractivity contribution in [3.8, 4) is 0 Å². The molecule has 1 aromatic carbocycles. The van der Waals surface area contributed by atoms with E-state index in [-0.39, 0.29) is 12.2 Å². The predicted molar refractivity (Wildman–Crippen MR) is 129 cm³/mol. The number of carbonyl (C=O) groups excluding carboxylic acids is 3. The number of hydrogen-bond acceptors (Lipinski definition) is 7. The first-order valence-corrected chi connectivity index (χ1v) is 13.3. The Balaban J connectivity index is 1.27. The summed E-state index contributed by atoms with van der Waals surface area (Å²) >= 11 is 0. The lowest BCUT2D eigenvalue weighted by Gasteiger charge is -2.49. The molecule has 2 saturated heterocycles. The van der Waals surface area contributed by atoms with E-state index in [0.717, 1.165) is 42.8 Å². The quantitative estimate of drug-likeness (QED) is 0.596. The largest absolute Gasteiger partial charge is 0.400 e. The molecule has 0 N–H and O–H groups in total. The molecule has 4 fully saturated rings. The highest BCUT2D eigenvalue weighted by molar-refractivity contribution is 6.00. The lowest BCUT2D eigenvalue weighted by Crippen LogP contribution is -2.63.